The van der Waals surface area contributed by atoms with E-state index in [-0.39, 0.29) is 5.82 Å². The van der Waals surface area contributed by atoms with Crippen LogP contribution in [0.1, 0.15) is 44.6 Å². The normalized spacial score (nSPS) is 22.3. The molecule has 1 aromatic rings. The molecular weight excluding hydrogens is 251 g/mol. The highest BCUT2D eigenvalue weighted by molar-refractivity contribution is 5.23. The second kappa shape index (κ2) is 7.19. The molecule has 1 aromatic carbocycles. The van der Waals surface area contributed by atoms with E-state index in [1.165, 1.54) is 24.8 Å². The highest BCUT2D eigenvalue weighted by Gasteiger charge is 2.29. The van der Waals surface area contributed by atoms with Crippen molar-refractivity contribution in [3.8, 4) is 0 Å². The lowest BCUT2D eigenvalue weighted by atomic mass is 9.76. The lowest BCUT2D eigenvalue weighted by molar-refractivity contribution is 0.253. The molecule has 3 heteroatoms. The van der Waals surface area contributed by atoms with Crippen LogP contribution < -0.4 is 5.32 Å². The van der Waals surface area contributed by atoms with Gasteiger partial charge in [-0.25, -0.2) is 4.39 Å². The van der Waals surface area contributed by atoms with Crippen LogP contribution in [0.3, 0.4) is 0 Å². The number of hydrogen-bond acceptors (Lipinski definition) is 2. The largest absolute Gasteiger partial charge is 0.314 e. The molecule has 0 bridgehead atoms. The third-order valence-electron chi connectivity index (χ3n) is 4.48. The van der Waals surface area contributed by atoms with E-state index in [0.29, 0.717) is 18.0 Å². The van der Waals surface area contributed by atoms with Crippen molar-refractivity contribution in [1.29, 1.82) is 0 Å². The van der Waals surface area contributed by atoms with Gasteiger partial charge in [0.05, 0.1) is 0 Å². The van der Waals surface area contributed by atoms with Gasteiger partial charge in [-0.2, -0.15) is 0 Å². The van der Waals surface area contributed by atoms with Crippen molar-refractivity contribution >= 4 is 0 Å². The van der Waals surface area contributed by atoms with Gasteiger partial charge in [0.1, 0.15) is 5.82 Å². The van der Waals surface area contributed by atoms with Gasteiger partial charge in [-0.05, 0) is 76.9 Å². The Balaban J connectivity index is 1.59. The maximum absolute atomic E-state index is 12.9. The summed E-state index contributed by atoms with van der Waals surface area (Å²) in [6, 6.07) is 8.26. The van der Waals surface area contributed by atoms with Crippen molar-refractivity contribution in [2.45, 2.75) is 51.1 Å². The molecule has 0 atom stereocenters. The molecule has 1 saturated carbocycles. The number of nitrogens with zero attached hydrogens (tertiary/aromatic N) is 1. The maximum atomic E-state index is 12.9. The minimum Gasteiger partial charge on any atom is -0.314 e. The SMILES string of the molecule is CC(C)N(C)CCCNC1CC(c2ccc(F)cc2)C1. The topological polar surface area (TPSA) is 15.3 Å². The van der Waals surface area contributed by atoms with E-state index in [1.807, 2.05) is 12.1 Å². The Morgan fingerprint density at radius 2 is 1.90 bits per heavy atom. The van der Waals surface area contributed by atoms with E-state index in [0.717, 1.165) is 13.1 Å². The number of halogens is 1. The first-order chi connectivity index (χ1) is 9.56. The number of rotatable bonds is 7. The fourth-order valence-electron chi connectivity index (χ4n) is 2.68. The van der Waals surface area contributed by atoms with Crippen LogP contribution in [0.4, 0.5) is 4.39 Å². The van der Waals surface area contributed by atoms with Gasteiger partial charge in [-0.15, -0.1) is 0 Å². The zero-order chi connectivity index (χ0) is 14.5. The lowest BCUT2D eigenvalue weighted by Crippen LogP contribution is -2.41. The van der Waals surface area contributed by atoms with Gasteiger partial charge in [0.15, 0.2) is 0 Å². The highest BCUT2D eigenvalue weighted by atomic mass is 19.1. The Morgan fingerprint density at radius 3 is 2.50 bits per heavy atom. The second-order valence-corrected chi connectivity index (χ2v) is 6.30. The number of nitrogens with one attached hydrogen (secondary N) is 1. The van der Waals surface area contributed by atoms with E-state index in [2.05, 4.69) is 31.1 Å². The third kappa shape index (κ3) is 4.29. The van der Waals surface area contributed by atoms with E-state index in [4.69, 9.17) is 0 Å². The van der Waals surface area contributed by atoms with Gasteiger partial charge in [-0.3, -0.25) is 0 Å². The monoisotopic (exact) mass is 278 g/mol. The molecule has 0 spiro atoms. The summed E-state index contributed by atoms with van der Waals surface area (Å²) in [4.78, 5) is 2.38. The molecule has 2 nitrogen and oxygen atoms in total. The van der Waals surface area contributed by atoms with Gasteiger partial charge >= 0.3 is 0 Å². The molecule has 2 rings (SSSR count). The molecule has 1 N–H and O–H groups in total. The van der Waals surface area contributed by atoms with Crippen molar-refractivity contribution in [3.05, 3.63) is 35.6 Å². The zero-order valence-corrected chi connectivity index (χ0v) is 12.9. The van der Waals surface area contributed by atoms with Gasteiger partial charge in [-0.1, -0.05) is 12.1 Å². The first-order valence-electron chi connectivity index (χ1n) is 7.75. The van der Waals surface area contributed by atoms with Crippen LogP contribution in [0.5, 0.6) is 0 Å². The first-order valence-corrected chi connectivity index (χ1v) is 7.75. The Labute approximate surface area is 122 Å². The van der Waals surface area contributed by atoms with Crippen molar-refractivity contribution in [1.82, 2.24) is 10.2 Å². The molecule has 0 amide bonds. The summed E-state index contributed by atoms with van der Waals surface area (Å²) < 4.78 is 12.9. The lowest BCUT2D eigenvalue weighted by Gasteiger charge is -2.36. The summed E-state index contributed by atoms with van der Waals surface area (Å²) in [6.45, 7) is 6.70. The van der Waals surface area contributed by atoms with E-state index in [1.54, 1.807) is 12.1 Å². The van der Waals surface area contributed by atoms with Crippen LogP contribution in [-0.2, 0) is 0 Å². The van der Waals surface area contributed by atoms with Crippen molar-refractivity contribution in [3.63, 3.8) is 0 Å². The summed E-state index contributed by atoms with van der Waals surface area (Å²) in [5.74, 6) is 0.475. The Morgan fingerprint density at radius 1 is 1.25 bits per heavy atom. The van der Waals surface area contributed by atoms with E-state index < -0.39 is 0 Å². The smallest absolute Gasteiger partial charge is 0.123 e. The number of hydrogen-bond donors (Lipinski definition) is 1. The van der Waals surface area contributed by atoms with Crippen LogP contribution in [0.25, 0.3) is 0 Å². The fraction of sp³-hybridized carbons (Fsp3) is 0.647. The van der Waals surface area contributed by atoms with Crippen molar-refractivity contribution < 1.29 is 4.39 Å². The molecule has 1 aliphatic carbocycles. The zero-order valence-electron chi connectivity index (χ0n) is 12.9. The fourth-order valence-corrected chi connectivity index (χ4v) is 2.68. The van der Waals surface area contributed by atoms with Crippen molar-refractivity contribution in [2.24, 2.45) is 0 Å². The summed E-state index contributed by atoms with van der Waals surface area (Å²) in [5.41, 5.74) is 1.28. The van der Waals surface area contributed by atoms with Gasteiger partial charge < -0.3 is 10.2 Å². The van der Waals surface area contributed by atoms with Gasteiger partial charge in [0, 0.05) is 12.1 Å². The molecule has 0 unspecified atom stereocenters. The average Bonchev–Trinajstić information content (AvgIpc) is 2.37. The molecule has 0 radical (unpaired) electrons. The summed E-state index contributed by atoms with van der Waals surface area (Å²) in [7, 11) is 2.18. The quantitative estimate of drug-likeness (QED) is 0.769. The Hall–Kier alpha value is -0.930. The second-order valence-electron chi connectivity index (χ2n) is 6.30. The summed E-state index contributed by atoms with van der Waals surface area (Å²) in [5, 5.41) is 3.62. The van der Waals surface area contributed by atoms with E-state index >= 15 is 0 Å². The molecule has 0 heterocycles. The molecule has 1 fully saturated rings. The van der Waals surface area contributed by atoms with Crippen LogP contribution in [0.15, 0.2) is 24.3 Å². The molecule has 0 saturated heterocycles. The van der Waals surface area contributed by atoms with Gasteiger partial charge in [0.25, 0.3) is 0 Å². The molecular formula is C17H27FN2. The number of benzene rings is 1. The van der Waals surface area contributed by atoms with Gasteiger partial charge in [0.2, 0.25) is 0 Å². The third-order valence-corrected chi connectivity index (χ3v) is 4.48. The average molecular weight is 278 g/mol. The molecule has 112 valence electrons. The summed E-state index contributed by atoms with van der Waals surface area (Å²) >= 11 is 0. The molecule has 1 aliphatic rings. The molecule has 0 aliphatic heterocycles. The minimum atomic E-state index is -0.142. The first kappa shape index (κ1) is 15.5. The maximum Gasteiger partial charge on any atom is 0.123 e. The summed E-state index contributed by atoms with van der Waals surface area (Å²) in [6.07, 6.45) is 3.57. The van der Waals surface area contributed by atoms with Crippen LogP contribution in [0.2, 0.25) is 0 Å². The van der Waals surface area contributed by atoms with Crippen LogP contribution in [0, 0.1) is 5.82 Å². The predicted octanol–water partition coefficient (Wildman–Crippen LogP) is 3.39. The van der Waals surface area contributed by atoms with E-state index in [9.17, 15) is 4.39 Å². The predicted molar refractivity (Wildman–Crippen MR) is 82.5 cm³/mol. The molecule has 0 aromatic heterocycles. The highest BCUT2D eigenvalue weighted by Crippen LogP contribution is 2.36. The van der Waals surface area contributed by atoms with Crippen LogP contribution >= 0.6 is 0 Å². The minimum absolute atomic E-state index is 0.142. The van der Waals surface area contributed by atoms with Crippen molar-refractivity contribution in [2.75, 3.05) is 20.1 Å². The standard InChI is InChI=1S/C17H27FN2/c1-13(2)20(3)10-4-9-19-17-11-15(12-17)14-5-7-16(18)8-6-14/h5-8,13,15,17,19H,4,9-12H2,1-3H3. The van der Waals surface area contributed by atoms with Crippen LogP contribution in [-0.4, -0.2) is 37.1 Å². The Bertz CT molecular complexity index is 396. The molecule has 20 heavy (non-hydrogen) atoms. The Kier molecular flexibility index (Phi) is 5.55.